The Morgan fingerprint density at radius 3 is 2.61 bits per heavy atom. The highest BCUT2D eigenvalue weighted by molar-refractivity contribution is 5.99. The molecule has 0 radical (unpaired) electrons. The zero-order chi connectivity index (χ0) is 31.6. The number of hydrogen-bond donors (Lipinski definition) is 5. The summed E-state index contributed by atoms with van der Waals surface area (Å²) in [5, 5.41) is 39.1. The van der Waals surface area contributed by atoms with Gasteiger partial charge >= 0.3 is 0 Å². The third-order valence-corrected chi connectivity index (χ3v) is 7.69. The number of hydrazine groups is 2. The molecule has 2 aromatic rings. The summed E-state index contributed by atoms with van der Waals surface area (Å²) < 4.78 is 0. The number of carbonyl (C=O) groups excluding carboxylic acids is 1. The predicted octanol–water partition coefficient (Wildman–Crippen LogP) is 3.81. The van der Waals surface area contributed by atoms with Crippen molar-refractivity contribution >= 4 is 28.2 Å². The Bertz CT molecular complexity index is 1640. The van der Waals surface area contributed by atoms with E-state index in [-0.39, 0.29) is 11.3 Å². The molecule has 1 aromatic heterocycles. The van der Waals surface area contributed by atoms with Crippen molar-refractivity contribution in [3.8, 4) is 12.1 Å². The lowest BCUT2D eigenvalue weighted by Gasteiger charge is -2.36. The Labute approximate surface area is 258 Å². The van der Waals surface area contributed by atoms with E-state index in [2.05, 4.69) is 66.1 Å². The SMILES string of the molecule is C=C(/C=C\C=C(/C)C(=O)N1CC(O)C1)[C@H](Nc1cc(C#N)c2ncc(C#N)c(NCC(C)(C)C)c2c1)C1=CN(C2CC2)NN1. The number of β-amino-alcohol motifs (C(OH)–C–C–N with tert-alkyl or cyclic N) is 1. The van der Waals surface area contributed by atoms with Gasteiger partial charge in [0.15, 0.2) is 0 Å². The van der Waals surface area contributed by atoms with Gasteiger partial charge in [0.05, 0.1) is 40.2 Å². The number of anilines is 2. The number of allylic oxidation sites excluding steroid dienone is 2. The third-order valence-electron chi connectivity index (χ3n) is 7.69. The van der Waals surface area contributed by atoms with Crippen molar-refractivity contribution in [2.75, 3.05) is 30.3 Å². The number of aliphatic hydroxyl groups excluding tert-OH is 1. The van der Waals surface area contributed by atoms with Crippen molar-refractivity contribution in [1.29, 1.82) is 10.5 Å². The first-order chi connectivity index (χ1) is 21.0. The fraction of sp³-hybridized carbons (Fsp3) is 0.394. The molecule has 1 saturated carbocycles. The van der Waals surface area contributed by atoms with Crippen molar-refractivity contribution in [1.82, 2.24) is 25.9 Å². The van der Waals surface area contributed by atoms with Gasteiger partial charge in [-0.2, -0.15) is 10.5 Å². The summed E-state index contributed by atoms with van der Waals surface area (Å²) in [6, 6.07) is 8.18. The van der Waals surface area contributed by atoms with Gasteiger partial charge in [-0.1, -0.05) is 45.6 Å². The summed E-state index contributed by atoms with van der Waals surface area (Å²) in [6.07, 6.45) is 10.7. The first-order valence-electron chi connectivity index (χ1n) is 14.8. The van der Waals surface area contributed by atoms with Crippen LogP contribution in [-0.2, 0) is 4.79 Å². The van der Waals surface area contributed by atoms with Gasteiger partial charge in [0.1, 0.15) is 12.1 Å². The van der Waals surface area contributed by atoms with Gasteiger partial charge in [-0.15, -0.1) is 5.53 Å². The van der Waals surface area contributed by atoms with Crippen LogP contribution in [0.3, 0.4) is 0 Å². The van der Waals surface area contributed by atoms with E-state index in [0.717, 1.165) is 18.5 Å². The molecule has 1 aromatic carbocycles. The zero-order valence-corrected chi connectivity index (χ0v) is 25.6. The van der Waals surface area contributed by atoms with Crippen molar-refractivity contribution in [2.24, 2.45) is 5.41 Å². The molecular formula is C33H39N9O2. The highest BCUT2D eigenvalue weighted by atomic mass is 16.3. The molecule has 0 spiro atoms. The van der Waals surface area contributed by atoms with Gasteiger partial charge in [0, 0.05) is 54.7 Å². The number of carbonyl (C=O) groups is 1. The lowest BCUT2D eigenvalue weighted by molar-refractivity contribution is -0.136. The molecule has 3 heterocycles. The maximum Gasteiger partial charge on any atom is 0.249 e. The van der Waals surface area contributed by atoms with Crippen LogP contribution in [0.25, 0.3) is 10.9 Å². The standard InChI is InChI=1S/C33H39N9O2/c1-20(7-6-8-21(2)32(44)41-16-26(43)17-41)29(28-18-42(40-39-28)25-9-10-25)38-24-11-22(13-34)30-27(12-24)31(23(14-35)15-36-30)37-19-33(3,4)5/h6-8,11-12,15,18,25-26,29,38-40,43H,1,9-10,16-17,19H2,2-5H3,(H,36,37)/b7-6-,21-8+/t29-/m0/s1. The van der Waals surface area contributed by atoms with Crippen LogP contribution in [0.4, 0.5) is 11.4 Å². The minimum Gasteiger partial charge on any atom is -0.389 e. The molecule has 11 nitrogen and oxygen atoms in total. The van der Waals surface area contributed by atoms with Crippen molar-refractivity contribution in [2.45, 2.75) is 58.7 Å². The van der Waals surface area contributed by atoms with Crippen LogP contribution in [0.15, 0.2) is 66.2 Å². The average Bonchev–Trinajstić information content (AvgIpc) is 3.71. The first kappa shape index (κ1) is 30.6. The number of hydrogen-bond acceptors (Lipinski definition) is 10. The Kier molecular flexibility index (Phi) is 8.63. The molecule has 11 heteroatoms. The predicted molar refractivity (Wildman–Crippen MR) is 170 cm³/mol. The minimum atomic E-state index is -0.450. The zero-order valence-electron chi connectivity index (χ0n) is 25.6. The number of likely N-dealkylation sites (tertiary alicyclic amines) is 1. The number of benzene rings is 1. The monoisotopic (exact) mass is 593 g/mol. The molecule has 5 rings (SSSR count). The Balaban J connectivity index is 1.47. The van der Waals surface area contributed by atoms with Crippen LogP contribution in [0.5, 0.6) is 0 Å². The summed E-state index contributed by atoms with van der Waals surface area (Å²) >= 11 is 0. The fourth-order valence-corrected chi connectivity index (χ4v) is 5.03. The van der Waals surface area contributed by atoms with Gasteiger partial charge in [-0.3, -0.25) is 14.8 Å². The first-order valence-corrected chi connectivity index (χ1v) is 14.8. The number of nitrogens with zero attached hydrogens (tertiary/aromatic N) is 5. The molecule has 1 saturated heterocycles. The summed E-state index contributed by atoms with van der Waals surface area (Å²) in [4.78, 5) is 18.6. The van der Waals surface area contributed by atoms with E-state index in [0.29, 0.717) is 70.2 Å². The lowest BCUT2D eigenvalue weighted by atomic mass is 9.96. The summed E-state index contributed by atoms with van der Waals surface area (Å²) in [6.45, 7) is 13.7. The molecule has 44 heavy (non-hydrogen) atoms. The number of nitriles is 2. The fourth-order valence-electron chi connectivity index (χ4n) is 5.03. The van der Waals surface area contributed by atoms with Gasteiger partial charge < -0.3 is 26.1 Å². The van der Waals surface area contributed by atoms with Crippen LogP contribution in [-0.4, -0.2) is 63.7 Å². The van der Waals surface area contributed by atoms with Crippen molar-refractivity contribution in [3.05, 3.63) is 77.3 Å². The molecule has 1 amide bonds. The van der Waals surface area contributed by atoms with Gasteiger partial charge in [0.25, 0.3) is 0 Å². The van der Waals surface area contributed by atoms with Gasteiger partial charge in [-0.05, 0) is 42.9 Å². The van der Waals surface area contributed by atoms with Crippen molar-refractivity contribution < 1.29 is 9.90 Å². The second-order valence-corrected chi connectivity index (χ2v) is 12.8. The minimum absolute atomic E-state index is 0.0413. The molecule has 3 aliphatic rings. The highest BCUT2D eigenvalue weighted by Crippen LogP contribution is 2.33. The van der Waals surface area contributed by atoms with Crippen LogP contribution < -0.4 is 21.6 Å². The second-order valence-electron chi connectivity index (χ2n) is 12.8. The van der Waals surface area contributed by atoms with E-state index < -0.39 is 12.1 Å². The van der Waals surface area contributed by atoms with E-state index in [1.165, 1.54) is 6.20 Å². The van der Waals surface area contributed by atoms with Crippen LogP contribution in [0.1, 0.15) is 51.7 Å². The maximum absolute atomic E-state index is 12.6. The Morgan fingerprint density at radius 1 is 1.25 bits per heavy atom. The molecule has 2 aliphatic heterocycles. The number of fused-ring (bicyclic) bond motifs is 1. The second kappa shape index (κ2) is 12.4. The number of nitrogens with one attached hydrogen (secondary N) is 4. The average molecular weight is 594 g/mol. The third kappa shape index (κ3) is 6.86. The summed E-state index contributed by atoms with van der Waals surface area (Å²) in [5.41, 5.74) is 11.2. The quantitative estimate of drug-likeness (QED) is 0.203. The highest BCUT2D eigenvalue weighted by Gasteiger charge is 2.32. The molecular weight excluding hydrogens is 554 g/mol. The normalized spacial score (nSPS) is 17.9. The molecule has 0 unspecified atom stereocenters. The molecule has 228 valence electrons. The number of aliphatic hydroxyl groups is 1. The molecule has 1 aliphatic carbocycles. The Morgan fingerprint density at radius 2 is 1.98 bits per heavy atom. The maximum atomic E-state index is 12.6. The molecule has 1 atom stereocenters. The van der Waals surface area contributed by atoms with Gasteiger partial charge in [-0.25, -0.2) is 0 Å². The number of aromatic nitrogens is 1. The van der Waals surface area contributed by atoms with E-state index in [9.17, 15) is 20.4 Å². The smallest absolute Gasteiger partial charge is 0.249 e. The largest absolute Gasteiger partial charge is 0.389 e. The van der Waals surface area contributed by atoms with Crippen LogP contribution >= 0.6 is 0 Å². The topological polar surface area (TPSA) is 152 Å². The summed E-state index contributed by atoms with van der Waals surface area (Å²) in [7, 11) is 0. The van der Waals surface area contributed by atoms with Crippen LogP contribution in [0, 0.1) is 28.1 Å². The number of rotatable bonds is 10. The Hall–Kier alpha value is -4.84. The van der Waals surface area contributed by atoms with Gasteiger partial charge in [0.2, 0.25) is 5.91 Å². The molecule has 2 fully saturated rings. The van der Waals surface area contributed by atoms with E-state index in [1.54, 1.807) is 30.0 Å². The summed E-state index contributed by atoms with van der Waals surface area (Å²) in [5.74, 6) is -0.105. The van der Waals surface area contributed by atoms with E-state index in [1.807, 2.05) is 23.4 Å². The van der Waals surface area contributed by atoms with E-state index in [4.69, 9.17) is 0 Å². The lowest BCUT2D eigenvalue weighted by Crippen LogP contribution is -2.53. The molecule has 5 N–H and O–H groups in total. The van der Waals surface area contributed by atoms with Crippen LogP contribution in [0.2, 0.25) is 0 Å². The van der Waals surface area contributed by atoms with E-state index >= 15 is 0 Å². The number of pyridine rings is 1. The molecule has 0 bridgehead atoms. The number of amides is 1. The van der Waals surface area contributed by atoms with Crippen molar-refractivity contribution in [3.63, 3.8) is 0 Å².